The summed E-state index contributed by atoms with van der Waals surface area (Å²) >= 11 is 0. The number of carbonyl (C=O) groups is 2. The standard InChI is InChI=1S/C33H48FN5O4Si/c1-23(2)19-25-26(34)20-35-31-24(3)28(39(32(25)31)22-43-17-18-44(6,7)8)21-38-16-12-13-27(33(38)42)36-29(40)14-10-9-11-15-30(41)37(4)5/h11-13,15-16,20,23H,9-10,14,17-19,21-22H2,1-8H3,(H,36,40)/b15-11+. The van der Waals surface area contributed by atoms with Crippen LogP contribution in [0.5, 0.6) is 0 Å². The molecule has 44 heavy (non-hydrogen) atoms. The molecule has 0 atom stereocenters. The van der Waals surface area contributed by atoms with Crippen LogP contribution < -0.4 is 10.9 Å². The number of nitrogens with one attached hydrogen (secondary N) is 1. The summed E-state index contributed by atoms with van der Waals surface area (Å²) < 4.78 is 24.9. The van der Waals surface area contributed by atoms with E-state index < -0.39 is 8.07 Å². The number of amides is 2. The third kappa shape index (κ3) is 9.46. The van der Waals surface area contributed by atoms with Gasteiger partial charge in [0, 0.05) is 52.7 Å². The summed E-state index contributed by atoms with van der Waals surface area (Å²) in [5.74, 6) is -0.496. The summed E-state index contributed by atoms with van der Waals surface area (Å²) in [4.78, 5) is 43.7. The summed E-state index contributed by atoms with van der Waals surface area (Å²) in [7, 11) is 2.04. The zero-order valence-corrected chi connectivity index (χ0v) is 28.5. The van der Waals surface area contributed by atoms with Crippen molar-refractivity contribution in [2.45, 2.75) is 85.4 Å². The van der Waals surface area contributed by atoms with Gasteiger partial charge in [-0.2, -0.15) is 0 Å². The van der Waals surface area contributed by atoms with Crippen molar-refractivity contribution < 1.29 is 18.7 Å². The zero-order valence-electron chi connectivity index (χ0n) is 27.5. The summed E-state index contributed by atoms with van der Waals surface area (Å²) in [5.41, 5.74) is 3.52. The van der Waals surface area contributed by atoms with Crippen molar-refractivity contribution in [3.8, 4) is 0 Å². The van der Waals surface area contributed by atoms with Crippen LogP contribution in [-0.2, 0) is 34.0 Å². The normalized spacial score (nSPS) is 12.0. The van der Waals surface area contributed by atoms with Crippen LogP contribution in [-0.4, -0.2) is 59.6 Å². The number of carbonyl (C=O) groups excluding carboxylic acids is 2. The van der Waals surface area contributed by atoms with Gasteiger partial charge in [-0.25, -0.2) is 4.39 Å². The van der Waals surface area contributed by atoms with Gasteiger partial charge in [-0.05, 0) is 61.9 Å². The van der Waals surface area contributed by atoms with E-state index in [-0.39, 0.29) is 54.5 Å². The van der Waals surface area contributed by atoms with Crippen LogP contribution in [0.1, 0.15) is 49.9 Å². The highest BCUT2D eigenvalue weighted by molar-refractivity contribution is 6.76. The molecule has 0 aliphatic rings. The molecule has 0 fully saturated rings. The molecule has 3 aromatic heterocycles. The number of hydrogen-bond donors (Lipinski definition) is 1. The van der Waals surface area contributed by atoms with Crippen molar-refractivity contribution in [1.82, 2.24) is 19.0 Å². The van der Waals surface area contributed by atoms with Crippen molar-refractivity contribution in [2.24, 2.45) is 5.92 Å². The number of rotatable bonds is 15. The van der Waals surface area contributed by atoms with E-state index >= 15 is 4.39 Å². The fourth-order valence-electron chi connectivity index (χ4n) is 4.88. The molecule has 240 valence electrons. The molecule has 3 aromatic rings. The van der Waals surface area contributed by atoms with Crippen LogP contribution in [0.15, 0.2) is 41.5 Å². The van der Waals surface area contributed by atoms with E-state index in [2.05, 4.69) is 43.8 Å². The monoisotopic (exact) mass is 625 g/mol. The Hall–Kier alpha value is -3.57. The van der Waals surface area contributed by atoms with Crippen molar-refractivity contribution in [3.63, 3.8) is 0 Å². The lowest BCUT2D eigenvalue weighted by Crippen LogP contribution is -2.27. The number of aryl methyl sites for hydroxylation is 1. The Bertz CT molecular complexity index is 1550. The molecule has 0 radical (unpaired) electrons. The van der Waals surface area contributed by atoms with Crippen molar-refractivity contribution in [1.29, 1.82) is 0 Å². The zero-order chi connectivity index (χ0) is 32.6. The molecule has 0 spiro atoms. The van der Waals surface area contributed by atoms with E-state index in [4.69, 9.17) is 4.74 Å². The lowest BCUT2D eigenvalue weighted by molar-refractivity contribution is -0.123. The highest BCUT2D eigenvalue weighted by atomic mass is 28.3. The molecule has 0 aliphatic carbocycles. The van der Waals surface area contributed by atoms with Gasteiger partial charge in [0.15, 0.2) is 0 Å². The van der Waals surface area contributed by atoms with Crippen molar-refractivity contribution in [2.75, 3.05) is 26.0 Å². The van der Waals surface area contributed by atoms with Crippen molar-refractivity contribution in [3.05, 3.63) is 69.7 Å². The smallest absolute Gasteiger partial charge is 0.274 e. The number of anilines is 1. The first kappa shape index (κ1) is 34.9. The van der Waals surface area contributed by atoms with Crippen LogP contribution in [0.3, 0.4) is 0 Å². The summed E-state index contributed by atoms with van der Waals surface area (Å²) in [5, 5.41) is 2.74. The minimum Gasteiger partial charge on any atom is -0.361 e. The SMILES string of the molecule is Cc1c(Cn2cccc(NC(=O)CCC/C=C/C(=O)N(C)C)c2=O)n(COCC[Si](C)(C)C)c2c(CC(C)C)c(F)cnc12. The van der Waals surface area contributed by atoms with Gasteiger partial charge in [-0.3, -0.25) is 19.4 Å². The lowest BCUT2D eigenvalue weighted by Gasteiger charge is -2.18. The van der Waals surface area contributed by atoms with E-state index in [1.807, 2.05) is 11.5 Å². The second-order valence-corrected chi connectivity index (χ2v) is 18.8. The first-order valence-electron chi connectivity index (χ1n) is 15.3. The van der Waals surface area contributed by atoms with Gasteiger partial charge in [-0.15, -0.1) is 0 Å². The van der Waals surface area contributed by atoms with Crippen LogP contribution >= 0.6 is 0 Å². The van der Waals surface area contributed by atoms with E-state index in [1.54, 1.807) is 43.1 Å². The maximum Gasteiger partial charge on any atom is 0.274 e. The van der Waals surface area contributed by atoms with E-state index in [0.717, 1.165) is 17.3 Å². The van der Waals surface area contributed by atoms with Crippen LogP contribution in [0.25, 0.3) is 11.0 Å². The number of pyridine rings is 2. The molecule has 0 saturated carbocycles. The quantitative estimate of drug-likeness (QED) is 0.128. The first-order valence-corrected chi connectivity index (χ1v) is 19.0. The van der Waals surface area contributed by atoms with E-state index in [1.165, 1.54) is 17.2 Å². The Kier molecular flexibility index (Phi) is 12.2. The third-order valence-corrected chi connectivity index (χ3v) is 9.11. The van der Waals surface area contributed by atoms with Gasteiger partial charge < -0.3 is 24.1 Å². The fourth-order valence-corrected chi connectivity index (χ4v) is 5.64. The second kappa shape index (κ2) is 15.4. The van der Waals surface area contributed by atoms with Gasteiger partial charge in [0.25, 0.3) is 5.56 Å². The fraction of sp³-hybridized carbons (Fsp3) is 0.515. The lowest BCUT2D eigenvalue weighted by atomic mass is 10.0. The minimum absolute atomic E-state index is 0.108. The number of aromatic nitrogens is 3. The summed E-state index contributed by atoms with van der Waals surface area (Å²) in [6.45, 7) is 14.0. The Balaban J connectivity index is 1.88. The average Bonchev–Trinajstić information content (AvgIpc) is 3.19. The molecule has 11 heteroatoms. The number of halogens is 1. The van der Waals surface area contributed by atoms with E-state index in [9.17, 15) is 14.4 Å². The van der Waals surface area contributed by atoms with Crippen LogP contribution in [0.2, 0.25) is 25.7 Å². The largest absolute Gasteiger partial charge is 0.361 e. The predicted octanol–water partition coefficient (Wildman–Crippen LogP) is 5.96. The molecule has 1 N–H and O–H groups in total. The molecule has 2 amide bonds. The Morgan fingerprint density at radius 1 is 1.23 bits per heavy atom. The van der Waals surface area contributed by atoms with Crippen LogP contribution in [0, 0.1) is 18.7 Å². The first-order chi connectivity index (χ1) is 20.7. The topological polar surface area (TPSA) is 98.5 Å². The van der Waals surface area contributed by atoms with Gasteiger partial charge in [0.1, 0.15) is 18.2 Å². The number of ether oxygens (including phenoxy) is 1. The second-order valence-electron chi connectivity index (χ2n) is 13.2. The Morgan fingerprint density at radius 2 is 1.95 bits per heavy atom. The molecule has 0 bridgehead atoms. The molecule has 0 aliphatic heterocycles. The maximum atomic E-state index is 15.2. The predicted molar refractivity (Wildman–Crippen MR) is 177 cm³/mol. The van der Waals surface area contributed by atoms with Gasteiger partial charge in [0.2, 0.25) is 11.8 Å². The third-order valence-electron chi connectivity index (χ3n) is 7.41. The molecule has 0 saturated heterocycles. The number of likely N-dealkylation sites (N-methyl/N-ethyl adjacent to an activating group) is 1. The molecule has 0 aromatic carbocycles. The highest BCUT2D eigenvalue weighted by Gasteiger charge is 2.23. The van der Waals surface area contributed by atoms with Crippen molar-refractivity contribution >= 4 is 36.6 Å². The summed E-state index contributed by atoms with van der Waals surface area (Å²) in [6, 6.07) is 4.31. The molecule has 3 heterocycles. The Morgan fingerprint density at radius 3 is 2.61 bits per heavy atom. The van der Waals surface area contributed by atoms with E-state index in [0.29, 0.717) is 42.5 Å². The minimum atomic E-state index is -1.31. The molecular formula is C33H48FN5O4Si. The number of hydrogen-bond acceptors (Lipinski definition) is 5. The Labute approximate surface area is 261 Å². The molecule has 0 unspecified atom stereocenters. The van der Waals surface area contributed by atoms with Gasteiger partial charge in [-0.1, -0.05) is 39.6 Å². The van der Waals surface area contributed by atoms with Gasteiger partial charge in [0.05, 0.1) is 23.8 Å². The van der Waals surface area contributed by atoms with Crippen LogP contribution in [0.4, 0.5) is 10.1 Å². The number of fused-ring (bicyclic) bond motifs is 1. The molecule has 3 rings (SSSR count). The highest BCUT2D eigenvalue weighted by Crippen LogP contribution is 2.30. The van der Waals surface area contributed by atoms with Gasteiger partial charge >= 0.3 is 0 Å². The molecule has 9 nitrogen and oxygen atoms in total. The summed E-state index contributed by atoms with van der Waals surface area (Å²) in [6.07, 6.45) is 8.08. The number of allylic oxidation sites excluding steroid dienone is 1. The average molecular weight is 626 g/mol. The molecular weight excluding hydrogens is 577 g/mol. The maximum absolute atomic E-state index is 15.2. The number of nitrogens with zero attached hydrogens (tertiary/aromatic N) is 4. The number of unbranched alkanes of at least 4 members (excludes halogenated alkanes) is 1.